The number of pyridine rings is 1. The number of aromatic nitrogens is 7. The van der Waals surface area contributed by atoms with Gasteiger partial charge in [-0.3, -0.25) is 9.78 Å². The third-order valence-corrected chi connectivity index (χ3v) is 7.76. The first-order chi connectivity index (χ1) is 16.2. The zero-order chi connectivity index (χ0) is 22.5. The Balaban J connectivity index is 1.12. The van der Waals surface area contributed by atoms with Gasteiger partial charge in [0.1, 0.15) is 31.6 Å². The standard InChI is InChI=1S/C23H23N7OS2/c31-18(12-17-4-1-2-7-24-17)13-21-28-27-20(32-21)11-15-5-6-16(10-15)23-30-29-22(33-23)14-19-25-8-3-9-26-19/h1-4,7-9,15-16H,5-6,10-14H2/t15-,16+/m1/s1. The molecule has 1 fully saturated rings. The van der Waals surface area contributed by atoms with E-state index in [1.807, 2.05) is 24.3 Å². The maximum absolute atomic E-state index is 12.3. The molecule has 0 unspecified atom stereocenters. The number of Topliss-reactive ketones (excluding diaryl/α,β-unsaturated/α-hetero) is 1. The van der Waals surface area contributed by atoms with Gasteiger partial charge in [-0.25, -0.2) is 9.97 Å². The minimum absolute atomic E-state index is 0.116. The largest absolute Gasteiger partial charge is 0.299 e. The number of carbonyl (C=O) groups excluding carboxylic acids is 1. The van der Waals surface area contributed by atoms with E-state index in [0.717, 1.165) is 57.2 Å². The number of hydrogen-bond donors (Lipinski definition) is 0. The zero-order valence-corrected chi connectivity index (χ0v) is 19.6. The molecule has 1 aliphatic rings. The Kier molecular flexibility index (Phi) is 6.82. The van der Waals surface area contributed by atoms with Crippen LogP contribution in [-0.2, 0) is 30.5 Å². The molecule has 5 rings (SSSR count). The molecule has 1 aliphatic carbocycles. The van der Waals surface area contributed by atoms with Gasteiger partial charge in [0, 0.05) is 43.0 Å². The summed E-state index contributed by atoms with van der Waals surface area (Å²) in [4.78, 5) is 25.1. The van der Waals surface area contributed by atoms with Crippen LogP contribution in [0.15, 0.2) is 42.9 Å². The lowest BCUT2D eigenvalue weighted by Crippen LogP contribution is -2.07. The average molecular weight is 478 g/mol. The van der Waals surface area contributed by atoms with Crippen LogP contribution < -0.4 is 0 Å². The van der Waals surface area contributed by atoms with Crippen molar-refractivity contribution in [2.75, 3.05) is 0 Å². The fourth-order valence-electron chi connectivity index (χ4n) is 4.17. The summed E-state index contributed by atoms with van der Waals surface area (Å²) in [6, 6.07) is 7.43. The van der Waals surface area contributed by atoms with Crippen molar-refractivity contribution in [1.29, 1.82) is 0 Å². The fraction of sp³-hybridized carbons (Fsp3) is 0.391. The molecular formula is C23H23N7OS2. The van der Waals surface area contributed by atoms with Crippen molar-refractivity contribution in [2.24, 2.45) is 5.92 Å². The van der Waals surface area contributed by atoms with Gasteiger partial charge in [-0.15, -0.1) is 43.1 Å². The van der Waals surface area contributed by atoms with Crippen LogP contribution in [0.25, 0.3) is 0 Å². The van der Waals surface area contributed by atoms with Gasteiger partial charge in [0.15, 0.2) is 0 Å². The van der Waals surface area contributed by atoms with Crippen LogP contribution in [-0.4, -0.2) is 41.1 Å². The monoisotopic (exact) mass is 477 g/mol. The number of rotatable bonds is 9. The van der Waals surface area contributed by atoms with E-state index in [9.17, 15) is 4.79 Å². The Morgan fingerprint density at radius 1 is 0.848 bits per heavy atom. The van der Waals surface area contributed by atoms with E-state index in [0.29, 0.717) is 31.1 Å². The van der Waals surface area contributed by atoms with Gasteiger partial charge < -0.3 is 0 Å². The predicted octanol–water partition coefficient (Wildman–Crippen LogP) is 3.65. The minimum atomic E-state index is 0.116. The minimum Gasteiger partial charge on any atom is -0.299 e. The average Bonchev–Trinajstić information content (AvgIpc) is 3.57. The zero-order valence-electron chi connectivity index (χ0n) is 18.0. The Labute approximate surface area is 199 Å². The summed E-state index contributed by atoms with van der Waals surface area (Å²) in [7, 11) is 0. The molecule has 10 heteroatoms. The number of hydrogen-bond acceptors (Lipinski definition) is 10. The molecule has 2 atom stereocenters. The van der Waals surface area contributed by atoms with Gasteiger partial charge >= 0.3 is 0 Å². The van der Waals surface area contributed by atoms with Gasteiger partial charge in [0.2, 0.25) is 0 Å². The molecule has 4 aromatic rings. The Bertz CT molecular complexity index is 1200. The van der Waals surface area contributed by atoms with Gasteiger partial charge in [0.05, 0.1) is 12.8 Å². The Hall–Kier alpha value is -2.98. The van der Waals surface area contributed by atoms with Crippen molar-refractivity contribution in [3.8, 4) is 0 Å². The van der Waals surface area contributed by atoms with E-state index in [2.05, 4.69) is 35.3 Å². The molecule has 0 amide bonds. The second-order valence-corrected chi connectivity index (χ2v) is 10.5. The summed E-state index contributed by atoms with van der Waals surface area (Å²) in [6.45, 7) is 0. The lowest BCUT2D eigenvalue weighted by Gasteiger charge is -2.06. The first kappa shape index (κ1) is 21.8. The number of carbonyl (C=O) groups is 1. The van der Waals surface area contributed by atoms with Crippen molar-refractivity contribution >= 4 is 28.5 Å². The smallest absolute Gasteiger partial charge is 0.145 e. The van der Waals surface area contributed by atoms with Crippen LogP contribution >= 0.6 is 22.7 Å². The molecule has 4 heterocycles. The Morgan fingerprint density at radius 3 is 2.52 bits per heavy atom. The Morgan fingerprint density at radius 2 is 1.67 bits per heavy atom. The predicted molar refractivity (Wildman–Crippen MR) is 125 cm³/mol. The normalized spacial score (nSPS) is 17.9. The molecule has 33 heavy (non-hydrogen) atoms. The highest BCUT2D eigenvalue weighted by Gasteiger charge is 2.29. The van der Waals surface area contributed by atoms with E-state index >= 15 is 0 Å². The summed E-state index contributed by atoms with van der Waals surface area (Å²) in [5, 5.41) is 21.3. The highest BCUT2D eigenvalue weighted by atomic mass is 32.1. The fourth-order valence-corrected chi connectivity index (χ4v) is 6.14. The molecule has 0 radical (unpaired) electrons. The van der Waals surface area contributed by atoms with E-state index in [-0.39, 0.29) is 5.78 Å². The third-order valence-electron chi connectivity index (χ3n) is 5.73. The molecular weight excluding hydrogens is 454 g/mol. The van der Waals surface area contributed by atoms with Gasteiger partial charge in [-0.1, -0.05) is 6.07 Å². The SMILES string of the molecule is O=C(Cc1ccccn1)Cc1nnc(C[C@@H]2CC[C@H](c3nnc(Cc4ncccn4)s3)C2)s1. The van der Waals surface area contributed by atoms with Crippen LogP contribution in [0.2, 0.25) is 0 Å². The van der Waals surface area contributed by atoms with Crippen LogP contribution in [0.5, 0.6) is 0 Å². The van der Waals surface area contributed by atoms with Crippen molar-refractivity contribution in [1.82, 2.24) is 35.3 Å². The molecule has 0 saturated heterocycles. The lowest BCUT2D eigenvalue weighted by atomic mass is 10.0. The van der Waals surface area contributed by atoms with Crippen molar-refractivity contribution < 1.29 is 4.79 Å². The quantitative estimate of drug-likeness (QED) is 0.360. The lowest BCUT2D eigenvalue weighted by molar-refractivity contribution is -0.117. The molecule has 0 aliphatic heterocycles. The van der Waals surface area contributed by atoms with Crippen LogP contribution in [0, 0.1) is 5.92 Å². The van der Waals surface area contributed by atoms with Crippen LogP contribution in [0.1, 0.15) is 56.7 Å². The van der Waals surface area contributed by atoms with E-state index < -0.39 is 0 Å². The summed E-state index contributed by atoms with van der Waals surface area (Å²) < 4.78 is 0. The van der Waals surface area contributed by atoms with Gasteiger partial charge in [0.25, 0.3) is 0 Å². The third kappa shape index (κ3) is 5.88. The molecule has 1 saturated carbocycles. The summed E-state index contributed by atoms with van der Waals surface area (Å²) in [5.74, 6) is 1.90. The first-order valence-electron chi connectivity index (χ1n) is 11.0. The summed E-state index contributed by atoms with van der Waals surface area (Å²) in [6.07, 6.45) is 10.8. The summed E-state index contributed by atoms with van der Waals surface area (Å²) >= 11 is 3.23. The van der Waals surface area contributed by atoms with Crippen molar-refractivity contribution in [2.45, 2.75) is 50.9 Å². The van der Waals surface area contributed by atoms with Gasteiger partial charge in [-0.05, 0) is 43.4 Å². The maximum atomic E-state index is 12.3. The highest BCUT2D eigenvalue weighted by molar-refractivity contribution is 7.11. The van der Waals surface area contributed by atoms with Crippen molar-refractivity contribution in [3.63, 3.8) is 0 Å². The van der Waals surface area contributed by atoms with E-state index in [1.54, 1.807) is 41.3 Å². The topological polar surface area (TPSA) is 107 Å². The van der Waals surface area contributed by atoms with E-state index in [4.69, 9.17) is 0 Å². The molecule has 0 bridgehead atoms. The molecule has 0 aromatic carbocycles. The van der Waals surface area contributed by atoms with Crippen molar-refractivity contribution in [3.05, 3.63) is 74.4 Å². The molecule has 0 spiro atoms. The van der Waals surface area contributed by atoms with Crippen LogP contribution in [0.3, 0.4) is 0 Å². The number of nitrogens with zero attached hydrogens (tertiary/aromatic N) is 7. The highest BCUT2D eigenvalue weighted by Crippen LogP contribution is 2.41. The molecule has 4 aromatic heterocycles. The maximum Gasteiger partial charge on any atom is 0.145 e. The second kappa shape index (κ2) is 10.3. The number of ketones is 1. The first-order valence-corrected chi connectivity index (χ1v) is 12.7. The van der Waals surface area contributed by atoms with Crippen LogP contribution in [0.4, 0.5) is 0 Å². The summed E-state index contributed by atoms with van der Waals surface area (Å²) in [5.41, 5.74) is 0.792. The molecule has 8 nitrogen and oxygen atoms in total. The molecule has 168 valence electrons. The molecule has 0 N–H and O–H groups in total. The second-order valence-electron chi connectivity index (χ2n) is 8.26. The van der Waals surface area contributed by atoms with Gasteiger partial charge in [-0.2, -0.15) is 0 Å². The van der Waals surface area contributed by atoms with E-state index in [1.165, 1.54) is 0 Å².